The van der Waals surface area contributed by atoms with Crippen LogP contribution in [0, 0.1) is 0 Å². The number of hydrogen-bond donors (Lipinski definition) is 0. The summed E-state index contributed by atoms with van der Waals surface area (Å²) in [4.78, 5) is 25.3. The summed E-state index contributed by atoms with van der Waals surface area (Å²) in [7, 11) is 0. The molecule has 3 nitrogen and oxygen atoms in total. The summed E-state index contributed by atoms with van der Waals surface area (Å²) in [5.41, 5.74) is 4.24. The van der Waals surface area contributed by atoms with Crippen molar-refractivity contribution in [3.63, 3.8) is 0 Å². The molecule has 1 heterocycles. The van der Waals surface area contributed by atoms with Gasteiger partial charge in [-0.3, -0.25) is 9.59 Å². The summed E-state index contributed by atoms with van der Waals surface area (Å²) in [6.07, 6.45) is 0. The molecule has 3 heteroatoms. The minimum atomic E-state index is -0.138. The molecular formula is C40H28O3. The van der Waals surface area contributed by atoms with Gasteiger partial charge in [-0.2, -0.15) is 0 Å². The van der Waals surface area contributed by atoms with Crippen molar-refractivity contribution < 1.29 is 14.0 Å². The summed E-state index contributed by atoms with van der Waals surface area (Å²) >= 11 is 0. The average molecular weight is 557 g/mol. The quantitative estimate of drug-likeness (QED) is 0.192. The zero-order valence-corrected chi connectivity index (χ0v) is 23.4. The third kappa shape index (κ3) is 5.97. The number of fused-ring (bicyclic) bond motifs is 1. The number of ketones is 2. The fraction of sp³-hybridized carbons (Fsp3) is 0. The summed E-state index contributed by atoms with van der Waals surface area (Å²) < 4.78 is 6.24. The van der Waals surface area contributed by atoms with Crippen LogP contribution in [0.1, 0.15) is 31.8 Å². The van der Waals surface area contributed by atoms with Crippen molar-refractivity contribution in [2.24, 2.45) is 0 Å². The van der Waals surface area contributed by atoms with Crippen LogP contribution in [0.4, 0.5) is 0 Å². The Kier molecular flexibility index (Phi) is 8.15. The van der Waals surface area contributed by atoms with E-state index in [1.807, 2.05) is 72.8 Å². The maximum atomic E-state index is 12.7. The van der Waals surface area contributed by atoms with Gasteiger partial charge in [-0.15, -0.1) is 0 Å². The predicted octanol–water partition coefficient (Wildman–Crippen LogP) is 9.92. The van der Waals surface area contributed by atoms with Crippen molar-refractivity contribution >= 4 is 22.3 Å². The molecule has 7 rings (SSSR count). The van der Waals surface area contributed by atoms with E-state index in [-0.39, 0.29) is 11.6 Å². The highest BCUT2D eigenvalue weighted by atomic mass is 16.3. The van der Waals surface area contributed by atoms with E-state index < -0.39 is 0 Å². The fourth-order valence-corrected chi connectivity index (χ4v) is 5.07. The van der Waals surface area contributed by atoms with Crippen molar-refractivity contribution in [3.05, 3.63) is 192 Å². The van der Waals surface area contributed by atoms with E-state index in [2.05, 4.69) is 48.5 Å². The van der Waals surface area contributed by atoms with E-state index >= 15 is 0 Å². The molecular weight excluding hydrogens is 528 g/mol. The van der Waals surface area contributed by atoms with Crippen LogP contribution in [0.5, 0.6) is 0 Å². The molecule has 0 aliphatic rings. The Morgan fingerprint density at radius 2 is 0.651 bits per heavy atom. The number of carbonyl (C=O) groups is 2. The molecule has 43 heavy (non-hydrogen) atoms. The highest BCUT2D eigenvalue weighted by Crippen LogP contribution is 2.38. The second-order valence-corrected chi connectivity index (χ2v) is 9.97. The maximum Gasteiger partial charge on any atom is 0.193 e. The van der Waals surface area contributed by atoms with E-state index in [0.717, 1.165) is 33.4 Å². The second-order valence-electron chi connectivity index (χ2n) is 9.97. The molecule has 0 radical (unpaired) electrons. The van der Waals surface area contributed by atoms with Gasteiger partial charge in [0.25, 0.3) is 0 Å². The van der Waals surface area contributed by atoms with Gasteiger partial charge in [-0.25, -0.2) is 0 Å². The highest BCUT2D eigenvalue weighted by Gasteiger charge is 2.19. The molecule has 0 atom stereocenters. The van der Waals surface area contributed by atoms with Gasteiger partial charge in [-0.05, 0) is 0 Å². The molecule has 0 saturated heterocycles. The predicted molar refractivity (Wildman–Crippen MR) is 173 cm³/mol. The number of rotatable bonds is 6. The minimum absolute atomic E-state index is 0.138. The molecule has 0 spiro atoms. The van der Waals surface area contributed by atoms with E-state index in [0.29, 0.717) is 22.3 Å². The molecule has 0 aliphatic carbocycles. The first-order valence-corrected chi connectivity index (χ1v) is 14.1. The van der Waals surface area contributed by atoms with Crippen LogP contribution >= 0.6 is 0 Å². The Bertz CT molecular complexity index is 1830. The lowest BCUT2D eigenvalue weighted by Gasteiger charge is -2.08. The smallest absolute Gasteiger partial charge is 0.193 e. The van der Waals surface area contributed by atoms with Crippen LogP contribution in [0.15, 0.2) is 174 Å². The van der Waals surface area contributed by atoms with Crippen molar-refractivity contribution in [2.45, 2.75) is 0 Å². The number of hydrogen-bond acceptors (Lipinski definition) is 3. The van der Waals surface area contributed by atoms with Crippen molar-refractivity contribution in [3.8, 4) is 22.6 Å². The Morgan fingerprint density at radius 1 is 0.349 bits per heavy atom. The van der Waals surface area contributed by atoms with E-state index in [1.54, 1.807) is 48.5 Å². The number of carbonyl (C=O) groups excluding carboxylic acids is 2. The van der Waals surface area contributed by atoms with Gasteiger partial charge in [0.1, 0.15) is 11.5 Å². The summed E-state index contributed by atoms with van der Waals surface area (Å²) in [5.74, 6) is 1.59. The van der Waals surface area contributed by atoms with Crippen LogP contribution in [-0.2, 0) is 0 Å². The molecule has 0 amide bonds. The van der Waals surface area contributed by atoms with Gasteiger partial charge in [0, 0.05) is 44.2 Å². The minimum Gasteiger partial charge on any atom is -0.455 e. The Balaban J connectivity index is 0.000000153. The van der Waals surface area contributed by atoms with Gasteiger partial charge in [0.2, 0.25) is 0 Å². The lowest BCUT2D eigenvalue weighted by molar-refractivity contribution is 0.100. The van der Waals surface area contributed by atoms with Crippen LogP contribution in [0.25, 0.3) is 33.4 Å². The van der Waals surface area contributed by atoms with Crippen LogP contribution in [0.3, 0.4) is 0 Å². The number of furan rings is 1. The van der Waals surface area contributed by atoms with Crippen LogP contribution in [-0.4, -0.2) is 11.6 Å². The molecule has 6 aromatic carbocycles. The lowest BCUT2D eigenvalue weighted by Crippen LogP contribution is -2.10. The first kappa shape index (κ1) is 27.4. The first-order chi connectivity index (χ1) is 21.2. The first-order valence-electron chi connectivity index (χ1n) is 14.1. The maximum absolute atomic E-state index is 12.7. The number of benzene rings is 6. The summed E-state index contributed by atoms with van der Waals surface area (Å²) in [6.45, 7) is 0. The molecule has 0 unspecified atom stereocenters. The Hall–Kier alpha value is -5.80. The Labute approximate surface area is 250 Å². The molecule has 0 bridgehead atoms. The van der Waals surface area contributed by atoms with Crippen molar-refractivity contribution in [2.75, 3.05) is 0 Å². The topological polar surface area (TPSA) is 47.3 Å². The van der Waals surface area contributed by atoms with Crippen molar-refractivity contribution in [1.82, 2.24) is 0 Å². The van der Waals surface area contributed by atoms with Crippen LogP contribution in [0.2, 0.25) is 0 Å². The third-order valence-corrected chi connectivity index (χ3v) is 7.18. The SMILES string of the molecule is O=C(c1ccccc1)c1ccccc1C(=O)c1ccccc1.c1ccc(-c2oc(-c3ccccc3)c3ccccc23)cc1. The Morgan fingerprint density at radius 3 is 1.02 bits per heavy atom. The summed E-state index contributed by atoms with van der Waals surface area (Å²) in [6, 6.07) is 53.8. The average Bonchev–Trinajstić information content (AvgIpc) is 3.49. The van der Waals surface area contributed by atoms with Crippen LogP contribution < -0.4 is 0 Å². The molecule has 0 aliphatic heterocycles. The van der Waals surface area contributed by atoms with Gasteiger partial charge in [-0.1, -0.05) is 170 Å². The normalized spacial score (nSPS) is 10.5. The molecule has 1 aromatic heterocycles. The molecule has 0 saturated carbocycles. The molecule has 0 fully saturated rings. The monoisotopic (exact) mass is 556 g/mol. The van der Waals surface area contributed by atoms with E-state index in [9.17, 15) is 9.59 Å². The largest absolute Gasteiger partial charge is 0.455 e. The third-order valence-electron chi connectivity index (χ3n) is 7.18. The molecule has 206 valence electrons. The standard InChI is InChI=1S/C20H14O2.C20H14O/c21-19(15-9-3-1-4-10-15)17-13-7-8-14-18(17)20(22)16-11-5-2-6-12-16;1-3-9-15(10-4-1)19-17-13-7-8-14-18(17)20(21-19)16-11-5-2-6-12-16/h1-14H;1-14H. The van der Waals surface area contributed by atoms with Gasteiger partial charge < -0.3 is 4.42 Å². The lowest BCUT2D eigenvalue weighted by atomic mass is 9.93. The summed E-state index contributed by atoms with van der Waals surface area (Å²) in [5, 5.41) is 2.31. The van der Waals surface area contributed by atoms with Gasteiger partial charge in [0.05, 0.1) is 0 Å². The van der Waals surface area contributed by atoms with E-state index in [4.69, 9.17) is 4.42 Å². The molecule has 0 N–H and O–H groups in total. The van der Waals surface area contributed by atoms with Crippen molar-refractivity contribution in [1.29, 1.82) is 0 Å². The van der Waals surface area contributed by atoms with Gasteiger partial charge in [0.15, 0.2) is 11.6 Å². The zero-order chi connectivity index (χ0) is 29.4. The molecule has 7 aromatic rings. The second kappa shape index (κ2) is 12.8. The van der Waals surface area contributed by atoms with E-state index in [1.165, 1.54) is 0 Å². The fourth-order valence-electron chi connectivity index (χ4n) is 5.07. The van der Waals surface area contributed by atoms with Gasteiger partial charge >= 0.3 is 0 Å². The highest BCUT2D eigenvalue weighted by molar-refractivity contribution is 6.19. The zero-order valence-electron chi connectivity index (χ0n) is 23.4.